The Morgan fingerprint density at radius 2 is 2.32 bits per heavy atom. The fraction of sp³-hybridized carbons (Fsp3) is 0.533. The molecule has 1 N–H and O–H groups in total. The minimum absolute atomic E-state index is 0.0270. The van der Waals surface area contributed by atoms with Gasteiger partial charge in [0, 0.05) is 19.5 Å². The Kier molecular flexibility index (Phi) is 4.20. The average molecular weight is 265 g/mol. The highest BCUT2D eigenvalue weighted by Gasteiger charge is 2.45. The molecule has 104 valence electrons. The Morgan fingerprint density at radius 1 is 1.58 bits per heavy atom. The summed E-state index contributed by atoms with van der Waals surface area (Å²) in [5.41, 5.74) is 0.905. The van der Waals surface area contributed by atoms with E-state index in [-0.39, 0.29) is 23.6 Å². The molecule has 3 atom stereocenters. The Bertz CT molecular complexity index is 461. The normalized spacial score (nSPS) is 22.9. The molecule has 1 fully saturated rings. The number of hydrogen-bond donors (Lipinski definition) is 1. The molecule has 1 aliphatic carbocycles. The van der Waals surface area contributed by atoms with Crippen LogP contribution in [0.3, 0.4) is 0 Å². The van der Waals surface area contributed by atoms with E-state index < -0.39 is 6.10 Å². The molecule has 4 heteroatoms. The van der Waals surface area contributed by atoms with Gasteiger partial charge in [0.25, 0.3) is 0 Å². The molecule has 3 unspecified atom stereocenters. The smallest absolute Gasteiger partial charge is 0.226 e. The highest BCUT2D eigenvalue weighted by molar-refractivity contribution is 5.82. The van der Waals surface area contributed by atoms with Crippen LogP contribution in [0, 0.1) is 11.7 Å². The highest BCUT2D eigenvalue weighted by atomic mass is 19.1. The molecule has 1 aromatic rings. The third-order valence-electron chi connectivity index (χ3n) is 3.64. The summed E-state index contributed by atoms with van der Waals surface area (Å²) in [4.78, 5) is 13.8. The molecule has 0 aromatic heterocycles. The number of carbonyl (C=O) groups is 1. The molecule has 1 aliphatic rings. The van der Waals surface area contributed by atoms with E-state index in [9.17, 15) is 14.3 Å². The van der Waals surface area contributed by atoms with Gasteiger partial charge in [0.15, 0.2) is 0 Å². The predicted molar refractivity (Wildman–Crippen MR) is 71.2 cm³/mol. The summed E-state index contributed by atoms with van der Waals surface area (Å²) in [6.07, 6.45) is 0.981. The second-order valence-electron chi connectivity index (χ2n) is 5.40. The van der Waals surface area contributed by atoms with E-state index in [1.54, 1.807) is 24.9 Å². The van der Waals surface area contributed by atoms with Gasteiger partial charge >= 0.3 is 0 Å². The minimum atomic E-state index is -0.395. The molecule has 1 aromatic carbocycles. The fourth-order valence-corrected chi connectivity index (χ4v) is 2.35. The van der Waals surface area contributed by atoms with Gasteiger partial charge in [-0.2, -0.15) is 0 Å². The number of carbonyl (C=O) groups excluding carboxylic acids is 1. The first-order valence-electron chi connectivity index (χ1n) is 6.67. The van der Waals surface area contributed by atoms with Crippen molar-refractivity contribution in [2.24, 2.45) is 5.92 Å². The quantitative estimate of drug-likeness (QED) is 0.886. The zero-order valence-electron chi connectivity index (χ0n) is 11.3. The summed E-state index contributed by atoms with van der Waals surface area (Å²) in [6, 6.07) is 6.48. The van der Waals surface area contributed by atoms with Crippen LogP contribution in [-0.2, 0) is 4.79 Å². The van der Waals surface area contributed by atoms with Crippen molar-refractivity contribution in [3.05, 3.63) is 35.6 Å². The van der Waals surface area contributed by atoms with Gasteiger partial charge < -0.3 is 10.0 Å². The summed E-state index contributed by atoms with van der Waals surface area (Å²) in [6.45, 7) is 2.27. The average Bonchev–Trinajstić information content (AvgIpc) is 3.15. The second kappa shape index (κ2) is 5.70. The minimum Gasteiger partial charge on any atom is -0.393 e. The molecule has 19 heavy (non-hydrogen) atoms. The molecule has 1 saturated carbocycles. The van der Waals surface area contributed by atoms with Crippen molar-refractivity contribution in [3.63, 3.8) is 0 Å². The lowest BCUT2D eigenvalue weighted by Gasteiger charge is -2.18. The van der Waals surface area contributed by atoms with Crippen molar-refractivity contribution in [1.82, 2.24) is 4.90 Å². The van der Waals surface area contributed by atoms with Crippen molar-refractivity contribution in [1.29, 1.82) is 0 Å². The van der Waals surface area contributed by atoms with Gasteiger partial charge in [-0.3, -0.25) is 4.79 Å². The summed E-state index contributed by atoms with van der Waals surface area (Å²) >= 11 is 0. The Hall–Kier alpha value is -1.42. The van der Waals surface area contributed by atoms with Crippen molar-refractivity contribution in [3.8, 4) is 0 Å². The summed E-state index contributed by atoms with van der Waals surface area (Å²) < 4.78 is 13.1. The molecule has 0 bridgehead atoms. The van der Waals surface area contributed by atoms with E-state index in [4.69, 9.17) is 0 Å². The van der Waals surface area contributed by atoms with Crippen LogP contribution in [0.5, 0.6) is 0 Å². The highest BCUT2D eigenvalue weighted by Crippen LogP contribution is 2.48. The third kappa shape index (κ3) is 3.53. The van der Waals surface area contributed by atoms with Crippen LogP contribution in [0.25, 0.3) is 0 Å². The molecule has 1 amide bonds. The zero-order chi connectivity index (χ0) is 14.0. The van der Waals surface area contributed by atoms with E-state index in [2.05, 4.69) is 0 Å². The molecule has 0 heterocycles. The van der Waals surface area contributed by atoms with Crippen molar-refractivity contribution >= 4 is 5.91 Å². The summed E-state index contributed by atoms with van der Waals surface area (Å²) in [5, 5.41) is 9.22. The summed E-state index contributed by atoms with van der Waals surface area (Å²) in [7, 11) is 1.76. The third-order valence-corrected chi connectivity index (χ3v) is 3.64. The molecule has 2 rings (SSSR count). The van der Waals surface area contributed by atoms with Gasteiger partial charge in [-0.05, 0) is 43.4 Å². The maximum Gasteiger partial charge on any atom is 0.226 e. The maximum absolute atomic E-state index is 13.1. The first kappa shape index (κ1) is 14.0. The number of benzene rings is 1. The van der Waals surface area contributed by atoms with Gasteiger partial charge in [0.2, 0.25) is 5.91 Å². The SMILES string of the molecule is CC(O)CCN(C)C(=O)C1CC1c1cccc(F)c1. The van der Waals surface area contributed by atoms with Crippen LogP contribution in [-0.4, -0.2) is 35.6 Å². The van der Waals surface area contributed by atoms with Gasteiger partial charge in [0.1, 0.15) is 5.82 Å². The number of nitrogens with zero attached hydrogens (tertiary/aromatic N) is 1. The van der Waals surface area contributed by atoms with Gasteiger partial charge in [-0.15, -0.1) is 0 Å². The van der Waals surface area contributed by atoms with Gasteiger partial charge in [-0.25, -0.2) is 4.39 Å². The maximum atomic E-state index is 13.1. The van der Waals surface area contributed by atoms with Crippen molar-refractivity contribution < 1.29 is 14.3 Å². The van der Waals surface area contributed by atoms with Crippen LogP contribution in [0.1, 0.15) is 31.2 Å². The van der Waals surface area contributed by atoms with E-state index in [0.29, 0.717) is 13.0 Å². The lowest BCUT2D eigenvalue weighted by atomic mass is 10.1. The number of halogens is 1. The van der Waals surface area contributed by atoms with Crippen LogP contribution < -0.4 is 0 Å². The predicted octanol–water partition coefficient (Wildman–Crippen LogP) is 2.16. The standard InChI is InChI=1S/C15H20FNO2/c1-10(18)6-7-17(2)15(19)14-9-13(14)11-4-3-5-12(16)8-11/h3-5,8,10,13-14,18H,6-7,9H2,1-2H3. The molecular formula is C15H20FNO2. The Labute approximate surface area is 113 Å². The largest absolute Gasteiger partial charge is 0.393 e. The first-order chi connectivity index (χ1) is 8.99. The number of hydrogen-bond acceptors (Lipinski definition) is 2. The molecular weight excluding hydrogens is 245 g/mol. The first-order valence-corrected chi connectivity index (χ1v) is 6.67. The second-order valence-corrected chi connectivity index (χ2v) is 5.40. The van der Waals surface area contributed by atoms with Gasteiger partial charge in [0.05, 0.1) is 6.10 Å². The van der Waals surface area contributed by atoms with E-state index >= 15 is 0 Å². The zero-order valence-corrected chi connectivity index (χ0v) is 11.3. The Morgan fingerprint density at radius 3 is 2.95 bits per heavy atom. The number of rotatable bonds is 5. The molecule has 0 radical (unpaired) electrons. The van der Waals surface area contributed by atoms with E-state index in [1.807, 2.05) is 6.07 Å². The molecule has 0 spiro atoms. The fourth-order valence-electron chi connectivity index (χ4n) is 2.35. The van der Waals surface area contributed by atoms with Crippen LogP contribution in [0.2, 0.25) is 0 Å². The van der Waals surface area contributed by atoms with Crippen LogP contribution in [0.4, 0.5) is 4.39 Å². The topological polar surface area (TPSA) is 40.5 Å². The van der Waals surface area contributed by atoms with Crippen LogP contribution in [0.15, 0.2) is 24.3 Å². The summed E-state index contributed by atoms with van der Waals surface area (Å²) in [5.74, 6) is -0.0361. The lowest BCUT2D eigenvalue weighted by Crippen LogP contribution is -2.31. The van der Waals surface area contributed by atoms with E-state index in [1.165, 1.54) is 12.1 Å². The van der Waals surface area contributed by atoms with E-state index in [0.717, 1.165) is 12.0 Å². The number of amides is 1. The van der Waals surface area contributed by atoms with Crippen molar-refractivity contribution in [2.45, 2.75) is 31.8 Å². The molecule has 3 nitrogen and oxygen atoms in total. The number of aliphatic hydroxyl groups is 1. The lowest BCUT2D eigenvalue weighted by molar-refractivity contribution is -0.131. The molecule has 0 saturated heterocycles. The Balaban J connectivity index is 1.90. The molecule has 0 aliphatic heterocycles. The van der Waals surface area contributed by atoms with Crippen molar-refractivity contribution in [2.75, 3.05) is 13.6 Å². The van der Waals surface area contributed by atoms with Gasteiger partial charge in [-0.1, -0.05) is 12.1 Å². The number of aliphatic hydroxyl groups excluding tert-OH is 1. The monoisotopic (exact) mass is 265 g/mol. The van der Waals surface area contributed by atoms with Crippen LogP contribution >= 0.6 is 0 Å².